The van der Waals surface area contributed by atoms with E-state index in [4.69, 9.17) is 11.6 Å². The van der Waals surface area contributed by atoms with Crippen molar-refractivity contribution in [2.75, 3.05) is 18.4 Å². The number of pyridine rings is 1. The van der Waals surface area contributed by atoms with Crippen LogP contribution in [0.15, 0.2) is 54.9 Å². The molecule has 0 radical (unpaired) electrons. The lowest BCUT2D eigenvalue weighted by molar-refractivity contribution is 0.0541. The Bertz CT molecular complexity index is 1020. The van der Waals surface area contributed by atoms with Crippen LogP contribution in [0.3, 0.4) is 0 Å². The monoisotopic (exact) mass is 409 g/mol. The van der Waals surface area contributed by atoms with Crippen molar-refractivity contribution < 1.29 is 9.90 Å². The average Bonchev–Trinajstić information content (AvgIpc) is 2.74. The number of aliphatic hydroxyl groups is 1. The maximum Gasteiger partial charge on any atom is 0.272 e. The van der Waals surface area contributed by atoms with E-state index in [0.717, 1.165) is 11.3 Å². The summed E-state index contributed by atoms with van der Waals surface area (Å²) in [7, 11) is 0. The second kappa shape index (κ2) is 8.55. The zero-order chi connectivity index (χ0) is 20.2. The molecule has 1 fully saturated rings. The summed E-state index contributed by atoms with van der Waals surface area (Å²) in [6.07, 6.45) is 4.12. The van der Waals surface area contributed by atoms with Gasteiger partial charge in [-0.05, 0) is 49.2 Å². The van der Waals surface area contributed by atoms with E-state index < -0.39 is 0 Å². The topological polar surface area (TPSA) is 91.2 Å². The average molecular weight is 410 g/mol. The van der Waals surface area contributed by atoms with Gasteiger partial charge in [-0.1, -0.05) is 17.7 Å². The molecule has 1 aliphatic heterocycles. The van der Waals surface area contributed by atoms with Crippen molar-refractivity contribution in [1.29, 1.82) is 0 Å². The van der Waals surface area contributed by atoms with E-state index in [-0.39, 0.29) is 12.0 Å². The predicted molar refractivity (Wildman–Crippen MR) is 111 cm³/mol. The number of aromatic nitrogens is 3. The van der Waals surface area contributed by atoms with E-state index in [0.29, 0.717) is 48.3 Å². The number of piperidine rings is 1. The number of hydrogen-bond donors (Lipinski definition) is 2. The summed E-state index contributed by atoms with van der Waals surface area (Å²) in [5.41, 5.74) is 2.60. The fourth-order valence-electron chi connectivity index (χ4n) is 3.21. The van der Waals surface area contributed by atoms with Crippen molar-refractivity contribution in [3.05, 3.63) is 65.6 Å². The van der Waals surface area contributed by atoms with E-state index >= 15 is 0 Å². The first-order valence-electron chi connectivity index (χ1n) is 9.38. The Morgan fingerprint density at radius 3 is 2.69 bits per heavy atom. The number of carbonyl (C=O) groups is 1. The van der Waals surface area contributed by atoms with Gasteiger partial charge in [0.15, 0.2) is 0 Å². The molecule has 1 saturated heterocycles. The maximum atomic E-state index is 12.8. The van der Waals surface area contributed by atoms with E-state index in [1.165, 1.54) is 0 Å². The summed E-state index contributed by atoms with van der Waals surface area (Å²) in [4.78, 5) is 27.5. The maximum absolute atomic E-state index is 12.8. The zero-order valence-corrected chi connectivity index (χ0v) is 16.4. The van der Waals surface area contributed by atoms with Crippen LogP contribution in [0.25, 0.3) is 11.3 Å². The fraction of sp³-hybridized carbons (Fsp3) is 0.238. The summed E-state index contributed by atoms with van der Waals surface area (Å²) in [5, 5.41) is 13.4. The number of anilines is 2. The molecule has 2 aromatic heterocycles. The highest BCUT2D eigenvalue weighted by Crippen LogP contribution is 2.22. The third-order valence-corrected chi connectivity index (χ3v) is 5.00. The van der Waals surface area contributed by atoms with E-state index in [2.05, 4.69) is 20.3 Å². The summed E-state index contributed by atoms with van der Waals surface area (Å²) in [6, 6.07) is 12.6. The van der Waals surface area contributed by atoms with Gasteiger partial charge in [0.05, 0.1) is 11.8 Å². The molecule has 1 amide bonds. The molecule has 0 aliphatic carbocycles. The number of hydrogen-bond acceptors (Lipinski definition) is 6. The molecule has 0 unspecified atom stereocenters. The number of benzene rings is 1. The van der Waals surface area contributed by atoms with E-state index in [9.17, 15) is 9.90 Å². The highest BCUT2D eigenvalue weighted by molar-refractivity contribution is 6.30. The molecule has 0 saturated carbocycles. The Morgan fingerprint density at radius 1 is 1.10 bits per heavy atom. The number of aliphatic hydroxyl groups excluding tert-OH is 1. The molecule has 0 atom stereocenters. The third-order valence-electron chi connectivity index (χ3n) is 4.76. The second-order valence-corrected chi connectivity index (χ2v) is 7.29. The lowest BCUT2D eigenvalue weighted by Gasteiger charge is -2.29. The van der Waals surface area contributed by atoms with Gasteiger partial charge >= 0.3 is 0 Å². The number of rotatable bonds is 4. The van der Waals surface area contributed by atoms with Crippen LogP contribution in [-0.2, 0) is 0 Å². The number of nitrogens with one attached hydrogen (secondary N) is 1. The quantitative estimate of drug-likeness (QED) is 0.685. The van der Waals surface area contributed by atoms with Crippen LogP contribution in [-0.4, -0.2) is 50.1 Å². The van der Waals surface area contributed by atoms with Crippen molar-refractivity contribution in [2.45, 2.75) is 18.9 Å². The summed E-state index contributed by atoms with van der Waals surface area (Å²) >= 11 is 6.02. The molecule has 148 valence electrons. The van der Waals surface area contributed by atoms with Crippen LogP contribution in [0.4, 0.5) is 11.6 Å². The number of likely N-dealkylation sites (tertiary alicyclic amines) is 1. The first kappa shape index (κ1) is 19.3. The van der Waals surface area contributed by atoms with Gasteiger partial charge in [0.1, 0.15) is 5.69 Å². The molecule has 7 nitrogen and oxygen atoms in total. The van der Waals surface area contributed by atoms with Gasteiger partial charge in [-0.25, -0.2) is 9.97 Å². The molecule has 3 heterocycles. The number of amides is 1. The van der Waals surface area contributed by atoms with E-state index in [1.807, 2.05) is 18.2 Å². The molecular weight excluding hydrogens is 390 g/mol. The minimum Gasteiger partial charge on any atom is -0.393 e. The highest BCUT2D eigenvalue weighted by atomic mass is 35.5. The Kier molecular flexibility index (Phi) is 5.69. The minimum absolute atomic E-state index is 0.134. The Morgan fingerprint density at radius 2 is 1.90 bits per heavy atom. The Labute approximate surface area is 173 Å². The number of carbonyl (C=O) groups excluding carboxylic acids is 1. The third kappa shape index (κ3) is 4.70. The van der Waals surface area contributed by atoms with Gasteiger partial charge in [0.25, 0.3) is 5.91 Å². The van der Waals surface area contributed by atoms with Crippen molar-refractivity contribution in [1.82, 2.24) is 19.9 Å². The predicted octanol–water partition coefficient (Wildman–Crippen LogP) is 3.53. The summed E-state index contributed by atoms with van der Waals surface area (Å²) < 4.78 is 0. The van der Waals surface area contributed by atoms with Crippen LogP contribution in [0, 0.1) is 0 Å². The molecule has 2 N–H and O–H groups in total. The summed E-state index contributed by atoms with van der Waals surface area (Å²) in [5.74, 6) is 0.296. The van der Waals surface area contributed by atoms with Crippen LogP contribution in [0.2, 0.25) is 5.02 Å². The fourth-order valence-corrected chi connectivity index (χ4v) is 3.40. The van der Waals surface area contributed by atoms with Gasteiger partial charge in [-0.3, -0.25) is 9.78 Å². The molecule has 29 heavy (non-hydrogen) atoms. The largest absolute Gasteiger partial charge is 0.393 e. The lowest BCUT2D eigenvalue weighted by Crippen LogP contribution is -2.40. The van der Waals surface area contributed by atoms with Crippen LogP contribution >= 0.6 is 11.6 Å². The Hall–Kier alpha value is -3.03. The first-order valence-corrected chi connectivity index (χ1v) is 9.76. The van der Waals surface area contributed by atoms with Gasteiger partial charge < -0.3 is 15.3 Å². The SMILES string of the molecule is O=C(c1cc(-c2ccnc(Nc3cccc(Cl)c3)n2)ccn1)N1CCC(O)CC1. The molecular formula is C21H20ClN5O2. The van der Waals surface area contributed by atoms with Crippen molar-refractivity contribution in [3.63, 3.8) is 0 Å². The smallest absolute Gasteiger partial charge is 0.272 e. The molecule has 8 heteroatoms. The van der Waals surface area contributed by atoms with Gasteiger partial charge in [0.2, 0.25) is 5.95 Å². The normalized spacial score (nSPS) is 14.6. The number of nitrogens with zero attached hydrogens (tertiary/aromatic N) is 4. The van der Waals surface area contributed by atoms with Crippen LogP contribution in [0.5, 0.6) is 0 Å². The number of halogens is 1. The minimum atomic E-state index is -0.329. The molecule has 1 aromatic carbocycles. The summed E-state index contributed by atoms with van der Waals surface area (Å²) in [6.45, 7) is 1.07. The first-order chi connectivity index (χ1) is 14.1. The van der Waals surface area contributed by atoms with Crippen molar-refractivity contribution in [3.8, 4) is 11.3 Å². The molecule has 4 rings (SSSR count). The molecule has 0 spiro atoms. The van der Waals surface area contributed by atoms with Crippen molar-refractivity contribution in [2.24, 2.45) is 0 Å². The molecule has 0 bridgehead atoms. The molecule has 1 aliphatic rings. The van der Waals surface area contributed by atoms with Crippen molar-refractivity contribution >= 4 is 29.1 Å². The van der Waals surface area contributed by atoms with Gasteiger partial charge in [0, 0.05) is 41.8 Å². The highest BCUT2D eigenvalue weighted by Gasteiger charge is 2.23. The standard InChI is InChI=1S/C21H20ClN5O2/c22-15-2-1-3-16(13-15)25-21-24-9-5-18(26-21)14-4-8-23-19(12-14)20(29)27-10-6-17(28)7-11-27/h1-5,8-9,12-13,17,28H,6-7,10-11H2,(H,24,25,26). The van der Waals surface area contributed by atoms with Gasteiger partial charge in [-0.2, -0.15) is 0 Å². The van der Waals surface area contributed by atoms with Crippen LogP contribution < -0.4 is 5.32 Å². The van der Waals surface area contributed by atoms with Gasteiger partial charge in [-0.15, -0.1) is 0 Å². The molecule has 3 aromatic rings. The van der Waals surface area contributed by atoms with Crippen LogP contribution in [0.1, 0.15) is 23.3 Å². The Balaban J connectivity index is 1.54. The second-order valence-electron chi connectivity index (χ2n) is 6.85. The van der Waals surface area contributed by atoms with E-state index in [1.54, 1.807) is 41.6 Å². The zero-order valence-electron chi connectivity index (χ0n) is 15.6. The lowest BCUT2D eigenvalue weighted by atomic mass is 10.1.